The highest BCUT2D eigenvalue weighted by atomic mass is 127. The Bertz CT molecular complexity index is 554. The second-order valence-electron chi connectivity index (χ2n) is 6.87. The molecule has 1 aliphatic heterocycles. The molecule has 0 bridgehead atoms. The van der Waals surface area contributed by atoms with Crippen LogP contribution in [0.25, 0.3) is 0 Å². The summed E-state index contributed by atoms with van der Waals surface area (Å²) >= 11 is 0. The van der Waals surface area contributed by atoms with Crippen LogP contribution in [0.5, 0.6) is 5.75 Å². The Labute approximate surface area is 168 Å². The number of aromatic hydroxyl groups is 1. The van der Waals surface area contributed by atoms with Gasteiger partial charge in [-0.25, -0.2) is 0 Å². The molecule has 1 aromatic carbocycles. The first-order valence-electron chi connectivity index (χ1n) is 9.31. The minimum atomic E-state index is 0. The van der Waals surface area contributed by atoms with Gasteiger partial charge >= 0.3 is 0 Å². The van der Waals surface area contributed by atoms with E-state index in [9.17, 15) is 5.11 Å². The number of piperidine rings is 1. The highest BCUT2D eigenvalue weighted by molar-refractivity contribution is 14.0. The Morgan fingerprint density at radius 2 is 2.00 bits per heavy atom. The predicted octanol–water partition coefficient (Wildman–Crippen LogP) is 2.73. The molecule has 6 heteroatoms. The number of nitrogens with zero attached hydrogens (tertiary/aromatic N) is 2. The molecule has 0 amide bonds. The summed E-state index contributed by atoms with van der Waals surface area (Å²) in [4.78, 5) is 7.34. The van der Waals surface area contributed by atoms with Crippen molar-refractivity contribution in [2.45, 2.75) is 51.1 Å². The van der Waals surface area contributed by atoms with Gasteiger partial charge in [-0.2, -0.15) is 0 Å². The van der Waals surface area contributed by atoms with Gasteiger partial charge in [0.05, 0.1) is 0 Å². The predicted molar refractivity (Wildman–Crippen MR) is 114 cm³/mol. The maximum atomic E-state index is 9.52. The maximum absolute atomic E-state index is 9.52. The molecule has 2 aliphatic rings. The van der Waals surface area contributed by atoms with Gasteiger partial charge in [0.2, 0.25) is 0 Å². The van der Waals surface area contributed by atoms with Crippen molar-refractivity contribution in [3.8, 4) is 5.75 Å². The van der Waals surface area contributed by atoms with E-state index in [1.54, 1.807) is 6.07 Å². The van der Waals surface area contributed by atoms with E-state index < -0.39 is 0 Å². The molecule has 0 aromatic heterocycles. The van der Waals surface area contributed by atoms with Crippen LogP contribution in [0.4, 0.5) is 0 Å². The number of halogens is 1. The summed E-state index contributed by atoms with van der Waals surface area (Å²) in [7, 11) is 0. The topological polar surface area (TPSA) is 59.9 Å². The molecule has 3 rings (SSSR count). The van der Waals surface area contributed by atoms with E-state index in [2.05, 4.69) is 22.5 Å². The lowest BCUT2D eigenvalue weighted by Gasteiger charge is -2.33. The number of hydrogen-bond donors (Lipinski definition) is 3. The number of benzene rings is 1. The van der Waals surface area contributed by atoms with Gasteiger partial charge in [-0.05, 0) is 56.7 Å². The summed E-state index contributed by atoms with van der Waals surface area (Å²) < 4.78 is 0. The van der Waals surface area contributed by atoms with Crippen molar-refractivity contribution < 1.29 is 5.11 Å². The molecule has 5 nitrogen and oxygen atoms in total. The Balaban J connectivity index is 0.00000225. The molecule has 3 N–H and O–H groups in total. The Morgan fingerprint density at radius 3 is 2.64 bits per heavy atom. The first kappa shape index (κ1) is 20.3. The molecule has 2 fully saturated rings. The van der Waals surface area contributed by atoms with Crippen LogP contribution in [0.3, 0.4) is 0 Å². The fourth-order valence-electron chi connectivity index (χ4n) is 3.37. The van der Waals surface area contributed by atoms with Crippen molar-refractivity contribution in [2.24, 2.45) is 4.99 Å². The highest BCUT2D eigenvalue weighted by Crippen LogP contribution is 2.29. The van der Waals surface area contributed by atoms with Gasteiger partial charge in [-0.15, -0.1) is 24.0 Å². The molecule has 1 saturated heterocycles. The van der Waals surface area contributed by atoms with Gasteiger partial charge in [0.25, 0.3) is 0 Å². The van der Waals surface area contributed by atoms with E-state index in [0.717, 1.165) is 37.1 Å². The summed E-state index contributed by atoms with van der Waals surface area (Å²) in [6.45, 7) is 6.12. The van der Waals surface area contributed by atoms with E-state index in [1.807, 2.05) is 18.2 Å². The molecule has 25 heavy (non-hydrogen) atoms. The standard InChI is InChI=1S/C19H30N4O.HI/c1-2-20-19(21-11-8-15-4-3-5-18(24)14-15)22-16-9-12-23(13-10-16)17-6-7-17;/h3-5,14,16-17,24H,2,6-13H2,1H3,(H2,20,21,22);1H. The minimum absolute atomic E-state index is 0. The van der Waals surface area contributed by atoms with Crippen LogP contribution in [-0.4, -0.2) is 54.2 Å². The Hall–Kier alpha value is -1.02. The summed E-state index contributed by atoms with van der Waals surface area (Å²) in [6.07, 6.45) is 6.04. The molecule has 140 valence electrons. The van der Waals surface area contributed by atoms with Crippen LogP contribution in [-0.2, 0) is 6.42 Å². The first-order chi connectivity index (χ1) is 11.7. The zero-order valence-corrected chi connectivity index (χ0v) is 17.4. The summed E-state index contributed by atoms with van der Waals surface area (Å²) in [5.74, 6) is 1.24. The Kier molecular flexibility index (Phi) is 8.29. The monoisotopic (exact) mass is 458 g/mol. The molecule has 1 aliphatic carbocycles. The van der Waals surface area contributed by atoms with E-state index in [0.29, 0.717) is 11.8 Å². The zero-order chi connectivity index (χ0) is 16.8. The van der Waals surface area contributed by atoms with Crippen molar-refractivity contribution in [3.05, 3.63) is 29.8 Å². The number of nitrogens with one attached hydrogen (secondary N) is 2. The Morgan fingerprint density at radius 1 is 1.24 bits per heavy atom. The molecular formula is C19H31IN4O. The van der Waals surface area contributed by atoms with Crippen LogP contribution in [0.2, 0.25) is 0 Å². The quantitative estimate of drug-likeness (QED) is 0.349. The first-order valence-corrected chi connectivity index (χ1v) is 9.31. The van der Waals surface area contributed by atoms with Gasteiger partial charge in [-0.3, -0.25) is 4.99 Å². The van der Waals surface area contributed by atoms with E-state index in [4.69, 9.17) is 4.99 Å². The van der Waals surface area contributed by atoms with Gasteiger partial charge in [0, 0.05) is 38.3 Å². The lowest BCUT2D eigenvalue weighted by atomic mass is 10.1. The van der Waals surface area contributed by atoms with Gasteiger partial charge in [-0.1, -0.05) is 12.1 Å². The number of rotatable bonds is 6. The molecule has 1 heterocycles. The summed E-state index contributed by atoms with van der Waals surface area (Å²) in [5, 5.41) is 16.5. The third-order valence-electron chi connectivity index (χ3n) is 4.86. The molecule has 0 spiro atoms. The van der Waals surface area contributed by atoms with Crippen LogP contribution >= 0.6 is 24.0 Å². The van der Waals surface area contributed by atoms with Gasteiger partial charge in [0.15, 0.2) is 5.96 Å². The average Bonchev–Trinajstić information content (AvgIpc) is 3.41. The number of phenolic OH excluding ortho intramolecular Hbond substituents is 1. The van der Waals surface area contributed by atoms with Crippen molar-refractivity contribution in [3.63, 3.8) is 0 Å². The molecule has 0 radical (unpaired) electrons. The lowest BCUT2D eigenvalue weighted by molar-refractivity contribution is 0.197. The fraction of sp³-hybridized carbons (Fsp3) is 0.632. The fourth-order valence-corrected chi connectivity index (χ4v) is 3.37. The normalized spacial score (nSPS) is 19.3. The van der Waals surface area contributed by atoms with Crippen LogP contribution in [0.15, 0.2) is 29.3 Å². The SMILES string of the molecule is CCNC(=NCCc1cccc(O)c1)NC1CCN(C2CC2)CC1.I. The zero-order valence-electron chi connectivity index (χ0n) is 15.1. The van der Waals surface area contributed by atoms with Crippen LogP contribution in [0, 0.1) is 0 Å². The number of guanidine groups is 1. The molecular weight excluding hydrogens is 427 g/mol. The van der Waals surface area contributed by atoms with E-state index in [1.165, 1.54) is 38.8 Å². The third-order valence-corrected chi connectivity index (χ3v) is 4.86. The number of aliphatic imine (C=N–C) groups is 1. The molecule has 0 atom stereocenters. The average molecular weight is 458 g/mol. The smallest absolute Gasteiger partial charge is 0.191 e. The summed E-state index contributed by atoms with van der Waals surface area (Å²) in [5.41, 5.74) is 1.12. The second kappa shape index (κ2) is 10.2. The molecule has 1 saturated carbocycles. The lowest BCUT2D eigenvalue weighted by Crippen LogP contribution is -2.49. The second-order valence-corrected chi connectivity index (χ2v) is 6.87. The van der Waals surface area contributed by atoms with Crippen LogP contribution in [0.1, 0.15) is 38.2 Å². The third kappa shape index (κ3) is 6.66. The number of hydrogen-bond acceptors (Lipinski definition) is 3. The number of phenols is 1. The maximum Gasteiger partial charge on any atom is 0.191 e. The van der Waals surface area contributed by atoms with Crippen LogP contribution < -0.4 is 10.6 Å². The van der Waals surface area contributed by atoms with Crippen molar-refractivity contribution in [1.82, 2.24) is 15.5 Å². The molecule has 1 aromatic rings. The number of likely N-dealkylation sites (tertiary alicyclic amines) is 1. The van der Waals surface area contributed by atoms with Gasteiger partial charge < -0.3 is 20.6 Å². The van der Waals surface area contributed by atoms with Crippen molar-refractivity contribution >= 4 is 29.9 Å². The summed E-state index contributed by atoms with van der Waals surface area (Å²) in [6, 6.07) is 8.83. The van der Waals surface area contributed by atoms with Gasteiger partial charge in [0.1, 0.15) is 5.75 Å². The highest BCUT2D eigenvalue weighted by Gasteiger charge is 2.31. The molecule has 0 unspecified atom stereocenters. The minimum Gasteiger partial charge on any atom is -0.508 e. The van der Waals surface area contributed by atoms with E-state index in [-0.39, 0.29) is 24.0 Å². The van der Waals surface area contributed by atoms with Crippen molar-refractivity contribution in [2.75, 3.05) is 26.2 Å². The van der Waals surface area contributed by atoms with Crippen molar-refractivity contribution in [1.29, 1.82) is 0 Å². The largest absolute Gasteiger partial charge is 0.508 e. The van der Waals surface area contributed by atoms with E-state index >= 15 is 0 Å².